The number of anilines is 1. The number of carbonyl (C=O) groups is 1. The molecule has 1 fully saturated rings. The number of amides is 1. The molecule has 126 valence electrons. The first-order chi connectivity index (χ1) is 12.2. The summed E-state index contributed by atoms with van der Waals surface area (Å²) in [6.45, 7) is 2.17. The number of nitriles is 1. The van der Waals surface area contributed by atoms with Crippen molar-refractivity contribution in [1.29, 1.82) is 5.26 Å². The molecule has 0 bridgehead atoms. The molecule has 5 nitrogen and oxygen atoms in total. The minimum Gasteiger partial charge on any atom is -0.372 e. The van der Waals surface area contributed by atoms with E-state index in [0.717, 1.165) is 24.7 Å². The van der Waals surface area contributed by atoms with E-state index in [1.807, 2.05) is 30.3 Å². The molecule has 1 amide bonds. The number of hydrogen-bond acceptors (Lipinski definition) is 4. The van der Waals surface area contributed by atoms with E-state index in [4.69, 9.17) is 5.26 Å². The van der Waals surface area contributed by atoms with Crippen molar-refractivity contribution in [3.63, 3.8) is 0 Å². The number of carbonyl (C=O) groups excluding carboxylic acids is 1. The van der Waals surface area contributed by atoms with Gasteiger partial charge in [0.05, 0.1) is 23.4 Å². The number of halogens is 1. The first-order valence-electron chi connectivity index (χ1n) is 8.05. The third kappa shape index (κ3) is 4.01. The maximum atomic E-state index is 13.8. The Bertz CT molecular complexity index is 833. The van der Waals surface area contributed by atoms with Crippen LogP contribution < -0.4 is 10.3 Å². The smallest absolute Gasteiger partial charge is 0.274 e. The van der Waals surface area contributed by atoms with Crippen molar-refractivity contribution in [2.45, 2.75) is 12.8 Å². The molecule has 2 aromatic carbocycles. The lowest BCUT2D eigenvalue weighted by atomic mass is 10.1. The molecule has 3 rings (SSSR count). The van der Waals surface area contributed by atoms with Crippen LogP contribution in [0, 0.1) is 17.1 Å². The highest BCUT2D eigenvalue weighted by Gasteiger charge is 2.12. The molecule has 0 saturated carbocycles. The van der Waals surface area contributed by atoms with Crippen molar-refractivity contribution in [1.82, 2.24) is 5.43 Å². The summed E-state index contributed by atoms with van der Waals surface area (Å²) in [4.78, 5) is 14.3. The fourth-order valence-electron chi connectivity index (χ4n) is 2.74. The lowest BCUT2D eigenvalue weighted by Crippen LogP contribution is -2.19. The number of nitrogens with zero attached hydrogens (tertiary/aromatic N) is 3. The van der Waals surface area contributed by atoms with E-state index in [0.29, 0.717) is 0 Å². The minimum absolute atomic E-state index is 0.152. The molecule has 0 spiro atoms. The normalized spacial score (nSPS) is 13.8. The van der Waals surface area contributed by atoms with E-state index in [1.165, 1.54) is 36.9 Å². The van der Waals surface area contributed by atoms with Gasteiger partial charge in [0.2, 0.25) is 0 Å². The van der Waals surface area contributed by atoms with Crippen molar-refractivity contribution in [3.8, 4) is 6.07 Å². The van der Waals surface area contributed by atoms with Gasteiger partial charge in [0.25, 0.3) is 5.91 Å². The Morgan fingerprint density at radius 1 is 1.20 bits per heavy atom. The van der Waals surface area contributed by atoms with Crippen LogP contribution in [-0.4, -0.2) is 25.2 Å². The van der Waals surface area contributed by atoms with Gasteiger partial charge in [0.1, 0.15) is 5.82 Å². The van der Waals surface area contributed by atoms with Gasteiger partial charge in [-0.15, -0.1) is 0 Å². The fourth-order valence-corrected chi connectivity index (χ4v) is 2.74. The molecule has 0 unspecified atom stereocenters. The van der Waals surface area contributed by atoms with Crippen LogP contribution in [0.15, 0.2) is 47.6 Å². The predicted molar refractivity (Wildman–Crippen MR) is 94.1 cm³/mol. The molecule has 1 saturated heterocycles. The Balaban J connectivity index is 1.61. The van der Waals surface area contributed by atoms with E-state index in [-0.39, 0.29) is 11.1 Å². The van der Waals surface area contributed by atoms with Crippen molar-refractivity contribution < 1.29 is 9.18 Å². The third-order valence-electron chi connectivity index (χ3n) is 4.09. The Hall–Kier alpha value is -3.20. The molecular formula is C19H17FN4O. The standard InChI is InChI=1S/C19H17FN4O/c20-18-11-15(12-21)5-8-17(18)19(25)23-22-13-14-3-6-16(7-4-14)24-9-1-2-10-24/h3-8,11,13H,1-2,9-10H2,(H,23,25)/b22-13+. The van der Waals surface area contributed by atoms with Gasteiger partial charge in [-0.1, -0.05) is 12.1 Å². The molecule has 6 heteroatoms. The molecule has 0 radical (unpaired) electrons. The minimum atomic E-state index is -0.748. The quantitative estimate of drug-likeness (QED) is 0.689. The second-order valence-electron chi connectivity index (χ2n) is 5.79. The second kappa shape index (κ2) is 7.58. The first kappa shape index (κ1) is 16.7. The SMILES string of the molecule is N#Cc1ccc(C(=O)N/N=C/c2ccc(N3CCCC3)cc2)c(F)c1. The number of hydrazone groups is 1. The van der Waals surface area contributed by atoms with Crippen LogP contribution in [0.5, 0.6) is 0 Å². The number of rotatable bonds is 4. The average molecular weight is 336 g/mol. The highest BCUT2D eigenvalue weighted by molar-refractivity contribution is 5.95. The van der Waals surface area contributed by atoms with Gasteiger partial charge in [-0.05, 0) is 48.7 Å². The molecule has 0 aromatic heterocycles. The van der Waals surface area contributed by atoms with Gasteiger partial charge < -0.3 is 4.90 Å². The lowest BCUT2D eigenvalue weighted by molar-refractivity contribution is 0.0951. The predicted octanol–water partition coefficient (Wildman–Crippen LogP) is 3.06. The molecule has 1 heterocycles. The Morgan fingerprint density at radius 3 is 2.56 bits per heavy atom. The summed E-state index contributed by atoms with van der Waals surface area (Å²) >= 11 is 0. The zero-order valence-electron chi connectivity index (χ0n) is 13.6. The largest absolute Gasteiger partial charge is 0.372 e. The Kier molecular flexibility index (Phi) is 5.05. The number of hydrogen-bond donors (Lipinski definition) is 1. The van der Waals surface area contributed by atoms with Crippen LogP contribution in [0.3, 0.4) is 0 Å². The number of benzene rings is 2. The van der Waals surface area contributed by atoms with Crippen molar-refractivity contribution >= 4 is 17.8 Å². The van der Waals surface area contributed by atoms with Gasteiger partial charge in [-0.25, -0.2) is 9.82 Å². The van der Waals surface area contributed by atoms with E-state index < -0.39 is 11.7 Å². The van der Waals surface area contributed by atoms with Crippen LogP contribution in [0.4, 0.5) is 10.1 Å². The van der Waals surface area contributed by atoms with Crippen LogP contribution >= 0.6 is 0 Å². The van der Waals surface area contributed by atoms with Crippen molar-refractivity contribution in [2.75, 3.05) is 18.0 Å². The molecule has 1 aliphatic rings. The van der Waals surface area contributed by atoms with Gasteiger partial charge >= 0.3 is 0 Å². The molecular weight excluding hydrogens is 319 g/mol. The second-order valence-corrected chi connectivity index (χ2v) is 5.79. The average Bonchev–Trinajstić information content (AvgIpc) is 3.16. The topological polar surface area (TPSA) is 68.5 Å². The molecule has 0 aliphatic carbocycles. The van der Waals surface area contributed by atoms with Crippen LogP contribution in [-0.2, 0) is 0 Å². The van der Waals surface area contributed by atoms with E-state index in [2.05, 4.69) is 15.4 Å². The monoisotopic (exact) mass is 336 g/mol. The summed E-state index contributed by atoms with van der Waals surface area (Å²) in [5.41, 5.74) is 4.32. The maximum absolute atomic E-state index is 13.8. The molecule has 2 aromatic rings. The molecule has 1 N–H and O–H groups in total. The zero-order chi connectivity index (χ0) is 17.6. The Labute approximate surface area is 145 Å². The fraction of sp³-hybridized carbons (Fsp3) is 0.211. The van der Waals surface area contributed by atoms with E-state index >= 15 is 0 Å². The summed E-state index contributed by atoms with van der Waals surface area (Å²) in [5, 5.41) is 12.6. The van der Waals surface area contributed by atoms with Gasteiger partial charge in [0, 0.05) is 18.8 Å². The van der Waals surface area contributed by atoms with Gasteiger partial charge in [0.15, 0.2) is 0 Å². The molecule has 0 atom stereocenters. The lowest BCUT2D eigenvalue weighted by Gasteiger charge is -2.17. The van der Waals surface area contributed by atoms with Crippen LogP contribution in [0.1, 0.15) is 34.3 Å². The van der Waals surface area contributed by atoms with Crippen molar-refractivity contribution in [3.05, 3.63) is 65.0 Å². The van der Waals surface area contributed by atoms with Crippen LogP contribution in [0.25, 0.3) is 0 Å². The van der Waals surface area contributed by atoms with Crippen LogP contribution in [0.2, 0.25) is 0 Å². The summed E-state index contributed by atoms with van der Waals surface area (Å²) in [6, 6.07) is 13.4. The molecule has 25 heavy (non-hydrogen) atoms. The van der Waals surface area contributed by atoms with Gasteiger partial charge in [-0.2, -0.15) is 10.4 Å². The maximum Gasteiger partial charge on any atom is 0.274 e. The van der Waals surface area contributed by atoms with Crippen molar-refractivity contribution in [2.24, 2.45) is 5.10 Å². The summed E-state index contributed by atoms with van der Waals surface area (Å²) in [7, 11) is 0. The zero-order valence-corrected chi connectivity index (χ0v) is 13.6. The van der Waals surface area contributed by atoms with E-state index in [1.54, 1.807) is 0 Å². The number of nitrogens with one attached hydrogen (secondary N) is 1. The summed E-state index contributed by atoms with van der Waals surface area (Å²) in [6.07, 6.45) is 3.95. The summed E-state index contributed by atoms with van der Waals surface area (Å²) in [5.74, 6) is -1.41. The summed E-state index contributed by atoms with van der Waals surface area (Å²) < 4.78 is 13.8. The van der Waals surface area contributed by atoms with E-state index in [9.17, 15) is 9.18 Å². The highest BCUT2D eigenvalue weighted by Crippen LogP contribution is 2.19. The first-order valence-corrected chi connectivity index (χ1v) is 8.05. The molecule has 1 aliphatic heterocycles. The third-order valence-corrected chi connectivity index (χ3v) is 4.09. The Morgan fingerprint density at radius 2 is 1.92 bits per heavy atom. The van der Waals surface area contributed by atoms with Gasteiger partial charge in [-0.3, -0.25) is 4.79 Å². The highest BCUT2D eigenvalue weighted by atomic mass is 19.1.